The molecule has 2 N–H and O–H groups in total. The molecular formula is C15H21ClIN3. The van der Waals surface area contributed by atoms with Crippen molar-refractivity contribution in [3.8, 4) is 0 Å². The van der Waals surface area contributed by atoms with Crippen molar-refractivity contribution in [3.63, 3.8) is 0 Å². The largest absolute Gasteiger partial charge is 0.357 e. The first-order valence-electron chi connectivity index (χ1n) is 6.65. The third-order valence-corrected chi connectivity index (χ3v) is 3.35. The highest BCUT2D eigenvalue weighted by Gasteiger charge is 2.39. The Balaban J connectivity index is 0.00000200. The van der Waals surface area contributed by atoms with Crippen LogP contribution >= 0.6 is 35.6 Å². The summed E-state index contributed by atoms with van der Waals surface area (Å²) in [6.07, 6.45) is 2.92. The van der Waals surface area contributed by atoms with Crippen molar-refractivity contribution < 1.29 is 0 Å². The fourth-order valence-corrected chi connectivity index (χ4v) is 2.31. The van der Waals surface area contributed by atoms with Gasteiger partial charge in [-0.1, -0.05) is 29.8 Å². The number of rotatable bonds is 5. The summed E-state index contributed by atoms with van der Waals surface area (Å²) in [5.41, 5.74) is 1.30. The van der Waals surface area contributed by atoms with E-state index in [2.05, 4.69) is 35.2 Å². The molecule has 1 saturated carbocycles. The Hall–Kier alpha value is -0.750. The number of benzene rings is 1. The van der Waals surface area contributed by atoms with Gasteiger partial charge in [0.1, 0.15) is 0 Å². The Morgan fingerprint density at radius 2 is 2.35 bits per heavy atom. The standard InChI is InChI=1S/C15H20ClN3.HI/c1-3-8-18-15(17-4-2)19-14-10-13(14)11-6-5-7-12(16)9-11;/h3,5-7,9,13-14H,1,4,8,10H2,2H3,(H2,17,18,19);1H. The van der Waals surface area contributed by atoms with Crippen molar-refractivity contribution in [2.75, 3.05) is 13.1 Å². The molecular weight excluding hydrogens is 385 g/mol. The average Bonchev–Trinajstić information content (AvgIpc) is 3.15. The molecule has 2 atom stereocenters. The Morgan fingerprint density at radius 3 is 3.00 bits per heavy atom. The number of hydrogen-bond donors (Lipinski definition) is 2. The van der Waals surface area contributed by atoms with Crippen LogP contribution in [-0.2, 0) is 0 Å². The van der Waals surface area contributed by atoms with Crippen LogP contribution in [0.25, 0.3) is 0 Å². The number of guanidine groups is 1. The maximum absolute atomic E-state index is 6.02. The second-order valence-electron chi connectivity index (χ2n) is 4.66. The maximum atomic E-state index is 6.02. The number of halogens is 2. The minimum absolute atomic E-state index is 0. The molecule has 20 heavy (non-hydrogen) atoms. The highest BCUT2D eigenvalue weighted by molar-refractivity contribution is 14.0. The van der Waals surface area contributed by atoms with E-state index in [1.54, 1.807) is 6.08 Å². The highest BCUT2D eigenvalue weighted by atomic mass is 127. The Kier molecular flexibility index (Phi) is 7.37. The zero-order valence-electron chi connectivity index (χ0n) is 11.6. The molecule has 0 spiro atoms. The molecule has 1 aromatic carbocycles. The molecule has 1 aliphatic carbocycles. The third kappa shape index (κ3) is 4.98. The van der Waals surface area contributed by atoms with Gasteiger partial charge < -0.3 is 10.6 Å². The predicted molar refractivity (Wildman–Crippen MR) is 97.3 cm³/mol. The van der Waals surface area contributed by atoms with E-state index in [0.29, 0.717) is 18.5 Å². The molecule has 0 bridgehead atoms. The van der Waals surface area contributed by atoms with Gasteiger partial charge in [-0.3, -0.25) is 0 Å². The zero-order valence-corrected chi connectivity index (χ0v) is 14.7. The average molecular weight is 406 g/mol. The molecule has 0 radical (unpaired) electrons. The van der Waals surface area contributed by atoms with Gasteiger partial charge in [-0.2, -0.15) is 0 Å². The summed E-state index contributed by atoms with van der Waals surface area (Å²) in [5, 5.41) is 7.48. The second kappa shape index (κ2) is 8.52. The van der Waals surface area contributed by atoms with Gasteiger partial charge in [-0.15, -0.1) is 30.6 Å². The number of nitrogens with one attached hydrogen (secondary N) is 2. The van der Waals surface area contributed by atoms with Crippen LogP contribution in [0.1, 0.15) is 24.8 Å². The van der Waals surface area contributed by atoms with Gasteiger partial charge in [0.15, 0.2) is 5.96 Å². The highest BCUT2D eigenvalue weighted by Crippen LogP contribution is 2.41. The van der Waals surface area contributed by atoms with Gasteiger partial charge in [0.2, 0.25) is 0 Å². The van der Waals surface area contributed by atoms with Gasteiger partial charge in [0.05, 0.1) is 6.54 Å². The van der Waals surface area contributed by atoms with E-state index >= 15 is 0 Å². The van der Waals surface area contributed by atoms with Crippen molar-refractivity contribution in [2.24, 2.45) is 4.99 Å². The Labute approximate surface area is 142 Å². The van der Waals surface area contributed by atoms with Crippen LogP contribution in [0.5, 0.6) is 0 Å². The van der Waals surface area contributed by atoms with Gasteiger partial charge in [0, 0.05) is 23.5 Å². The second-order valence-corrected chi connectivity index (χ2v) is 5.09. The predicted octanol–water partition coefficient (Wildman–Crippen LogP) is 3.56. The molecule has 2 unspecified atom stereocenters. The monoisotopic (exact) mass is 405 g/mol. The van der Waals surface area contributed by atoms with E-state index in [-0.39, 0.29) is 24.0 Å². The third-order valence-electron chi connectivity index (χ3n) is 3.11. The van der Waals surface area contributed by atoms with E-state index in [9.17, 15) is 0 Å². The number of aliphatic imine (C=N–C) groups is 1. The molecule has 0 aliphatic heterocycles. The lowest BCUT2D eigenvalue weighted by Gasteiger charge is -2.10. The van der Waals surface area contributed by atoms with Crippen molar-refractivity contribution in [1.29, 1.82) is 0 Å². The first-order chi connectivity index (χ1) is 9.24. The van der Waals surface area contributed by atoms with Gasteiger partial charge in [0.25, 0.3) is 0 Å². The maximum Gasteiger partial charge on any atom is 0.191 e. The van der Waals surface area contributed by atoms with Gasteiger partial charge in [-0.25, -0.2) is 4.99 Å². The van der Waals surface area contributed by atoms with Gasteiger partial charge in [-0.05, 0) is 31.0 Å². The molecule has 0 amide bonds. The van der Waals surface area contributed by atoms with Crippen LogP contribution in [0.15, 0.2) is 41.9 Å². The van der Waals surface area contributed by atoms with E-state index in [1.165, 1.54) is 5.56 Å². The van der Waals surface area contributed by atoms with Crippen molar-refractivity contribution in [3.05, 3.63) is 47.5 Å². The van der Waals surface area contributed by atoms with Crippen LogP contribution in [0.3, 0.4) is 0 Å². The normalized spacial score (nSPS) is 20.8. The minimum atomic E-state index is 0. The van der Waals surface area contributed by atoms with Crippen LogP contribution in [-0.4, -0.2) is 25.1 Å². The summed E-state index contributed by atoms with van der Waals surface area (Å²) in [6, 6.07) is 8.53. The molecule has 2 rings (SSSR count). The van der Waals surface area contributed by atoms with Crippen molar-refractivity contribution in [2.45, 2.75) is 25.3 Å². The molecule has 0 saturated heterocycles. The SMILES string of the molecule is C=CCN=C(NCC)NC1CC1c1cccc(Cl)c1.I. The van der Waals surface area contributed by atoms with E-state index in [0.717, 1.165) is 23.9 Å². The summed E-state index contributed by atoms with van der Waals surface area (Å²) in [6.45, 7) is 7.23. The molecule has 1 aliphatic rings. The minimum Gasteiger partial charge on any atom is -0.357 e. The summed E-state index contributed by atoms with van der Waals surface area (Å²) in [4.78, 5) is 4.41. The van der Waals surface area contributed by atoms with E-state index in [4.69, 9.17) is 11.6 Å². The van der Waals surface area contributed by atoms with E-state index in [1.807, 2.05) is 18.2 Å². The first kappa shape index (κ1) is 17.3. The molecule has 1 aromatic rings. The van der Waals surface area contributed by atoms with Gasteiger partial charge >= 0.3 is 0 Å². The fourth-order valence-electron chi connectivity index (χ4n) is 2.11. The Bertz CT molecular complexity index is 476. The van der Waals surface area contributed by atoms with Crippen LogP contribution in [0, 0.1) is 0 Å². The fraction of sp³-hybridized carbons (Fsp3) is 0.400. The van der Waals surface area contributed by atoms with E-state index < -0.39 is 0 Å². The van der Waals surface area contributed by atoms with Crippen molar-refractivity contribution >= 4 is 41.5 Å². The molecule has 0 aromatic heterocycles. The lowest BCUT2D eigenvalue weighted by molar-refractivity contribution is 0.802. The van der Waals surface area contributed by atoms with Crippen LogP contribution < -0.4 is 10.6 Å². The lowest BCUT2D eigenvalue weighted by atomic mass is 10.1. The summed E-state index contributed by atoms with van der Waals surface area (Å²) in [7, 11) is 0. The molecule has 110 valence electrons. The molecule has 1 fully saturated rings. The number of nitrogens with zero attached hydrogens (tertiary/aromatic N) is 1. The molecule has 0 heterocycles. The quantitative estimate of drug-likeness (QED) is 0.340. The van der Waals surface area contributed by atoms with Crippen LogP contribution in [0.4, 0.5) is 0 Å². The Morgan fingerprint density at radius 1 is 1.55 bits per heavy atom. The topological polar surface area (TPSA) is 36.4 Å². The van der Waals surface area contributed by atoms with Crippen LogP contribution in [0.2, 0.25) is 5.02 Å². The summed E-state index contributed by atoms with van der Waals surface area (Å²) >= 11 is 6.02. The zero-order chi connectivity index (χ0) is 13.7. The first-order valence-corrected chi connectivity index (χ1v) is 7.03. The lowest BCUT2D eigenvalue weighted by Crippen LogP contribution is -2.39. The summed E-state index contributed by atoms with van der Waals surface area (Å²) in [5.74, 6) is 1.39. The van der Waals surface area contributed by atoms with Crippen molar-refractivity contribution in [1.82, 2.24) is 10.6 Å². The molecule has 3 nitrogen and oxygen atoms in total. The smallest absolute Gasteiger partial charge is 0.191 e. The number of hydrogen-bond acceptors (Lipinski definition) is 1. The molecule has 5 heteroatoms. The summed E-state index contributed by atoms with van der Waals surface area (Å²) < 4.78 is 0.